The summed E-state index contributed by atoms with van der Waals surface area (Å²) in [5.74, 6) is 0.133. The number of amides is 1. The Balaban J connectivity index is 1.54. The molecular weight excluding hydrogens is 300 g/mol. The summed E-state index contributed by atoms with van der Waals surface area (Å²) in [7, 11) is 0. The van der Waals surface area contributed by atoms with Crippen molar-refractivity contribution in [2.75, 3.05) is 36.8 Å². The molecule has 0 atom stereocenters. The normalized spacial score (nSPS) is 19.4. The van der Waals surface area contributed by atoms with Gasteiger partial charge in [0, 0.05) is 43.1 Å². The lowest BCUT2D eigenvalue weighted by molar-refractivity contribution is -0.120. The van der Waals surface area contributed by atoms with Crippen molar-refractivity contribution in [3.05, 3.63) is 23.8 Å². The second-order valence-electron chi connectivity index (χ2n) is 7.34. The number of rotatable bonds is 4. The molecular formula is C19H30N4O. The van der Waals surface area contributed by atoms with Crippen molar-refractivity contribution in [3.8, 4) is 0 Å². The molecule has 3 N–H and O–H groups in total. The Morgan fingerprint density at radius 3 is 2.75 bits per heavy atom. The number of benzene rings is 1. The number of nitrogen functional groups attached to an aromatic ring is 1. The SMILES string of the molecule is CC(C)N1CCC(NC(=O)CN2CCCc3c(N)cccc32)CC1. The summed E-state index contributed by atoms with van der Waals surface area (Å²) in [4.78, 5) is 17.1. The highest BCUT2D eigenvalue weighted by Crippen LogP contribution is 2.30. The van der Waals surface area contributed by atoms with Crippen LogP contribution in [0.4, 0.5) is 11.4 Å². The lowest BCUT2D eigenvalue weighted by Gasteiger charge is -2.36. The third-order valence-corrected chi connectivity index (χ3v) is 5.34. The number of carbonyl (C=O) groups excluding carboxylic acids is 1. The molecule has 1 saturated heterocycles. The largest absolute Gasteiger partial charge is 0.398 e. The van der Waals surface area contributed by atoms with Crippen LogP contribution in [-0.4, -0.2) is 49.1 Å². The second kappa shape index (κ2) is 7.43. The summed E-state index contributed by atoms with van der Waals surface area (Å²) in [6.45, 7) is 7.98. The summed E-state index contributed by atoms with van der Waals surface area (Å²) in [5, 5.41) is 3.23. The van der Waals surface area contributed by atoms with Gasteiger partial charge in [-0.25, -0.2) is 0 Å². The minimum Gasteiger partial charge on any atom is -0.398 e. The van der Waals surface area contributed by atoms with Crippen LogP contribution in [-0.2, 0) is 11.2 Å². The van der Waals surface area contributed by atoms with Crippen LogP contribution in [0.3, 0.4) is 0 Å². The summed E-state index contributed by atoms with van der Waals surface area (Å²) >= 11 is 0. The molecule has 24 heavy (non-hydrogen) atoms. The Morgan fingerprint density at radius 2 is 2.04 bits per heavy atom. The molecule has 132 valence electrons. The van der Waals surface area contributed by atoms with E-state index in [0.717, 1.165) is 56.7 Å². The Kier molecular flexibility index (Phi) is 5.29. The van der Waals surface area contributed by atoms with Crippen LogP contribution in [0.25, 0.3) is 0 Å². The molecule has 1 aromatic carbocycles. The first-order chi connectivity index (χ1) is 11.5. The van der Waals surface area contributed by atoms with E-state index in [-0.39, 0.29) is 5.91 Å². The van der Waals surface area contributed by atoms with Gasteiger partial charge in [-0.3, -0.25) is 4.79 Å². The van der Waals surface area contributed by atoms with Gasteiger partial charge in [-0.2, -0.15) is 0 Å². The standard InChI is InChI=1S/C19H30N4O/c1-14(2)22-11-8-15(9-12-22)21-19(24)13-23-10-4-5-16-17(20)6-3-7-18(16)23/h3,6-7,14-15H,4-5,8-13,20H2,1-2H3,(H,21,24). The summed E-state index contributed by atoms with van der Waals surface area (Å²) in [6.07, 6.45) is 4.16. The molecule has 2 aliphatic rings. The summed E-state index contributed by atoms with van der Waals surface area (Å²) in [6, 6.07) is 6.92. The fourth-order valence-electron chi connectivity index (χ4n) is 3.90. The predicted octanol–water partition coefficient (Wildman–Crippen LogP) is 2.01. The third kappa shape index (κ3) is 3.83. The van der Waals surface area contributed by atoms with Crippen molar-refractivity contribution < 1.29 is 4.79 Å². The van der Waals surface area contributed by atoms with Gasteiger partial charge in [-0.15, -0.1) is 0 Å². The number of nitrogens with one attached hydrogen (secondary N) is 1. The number of likely N-dealkylation sites (tertiary alicyclic amines) is 1. The molecule has 5 nitrogen and oxygen atoms in total. The molecule has 1 amide bonds. The molecule has 0 bridgehead atoms. The minimum atomic E-state index is 0.133. The van der Waals surface area contributed by atoms with E-state index in [1.807, 2.05) is 12.1 Å². The zero-order chi connectivity index (χ0) is 17.1. The molecule has 2 aliphatic heterocycles. The highest BCUT2D eigenvalue weighted by atomic mass is 16.2. The molecule has 0 spiro atoms. The third-order valence-electron chi connectivity index (χ3n) is 5.34. The van der Waals surface area contributed by atoms with Gasteiger partial charge >= 0.3 is 0 Å². The van der Waals surface area contributed by atoms with Crippen LogP contribution in [0, 0.1) is 0 Å². The molecule has 2 heterocycles. The molecule has 5 heteroatoms. The van der Waals surface area contributed by atoms with Crippen molar-refractivity contribution in [1.82, 2.24) is 10.2 Å². The van der Waals surface area contributed by atoms with Crippen LogP contribution in [0.2, 0.25) is 0 Å². The van der Waals surface area contributed by atoms with Crippen LogP contribution >= 0.6 is 0 Å². The quantitative estimate of drug-likeness (QED) is 0.829. The van der Waals surface area contributed by atoms with Crippen LogP contribution in [0.15, 0.2) is 18.2 Å². The number of fused-ring (bicyclic) bond motifs is 1. The minimum absolute atomic E-state index is 0.133. The molecule has 0 unspecified atom stereocenters. The Labute approximate surface area is 145 Å². The summed E-state index contributed by atoms with van der Waals surface area (Å²) in [5.41, 5.74) is 9.26. The fourth-order valence-corrected chi connectivity index (χ4v) is 3.90. The maximum Gasteiger partial charge on any atom is 0.239 e. The smallest absolute Gasteiger partial charge is 0.239 e. The lowest BCUT2D eigenvalue weighted by Crippen LogP contribution is -2.49. The first-order valence-electron chi connectivity index (χ1n) is 9.20. The van der Waals surface area contributed by atoms with Crippen molar-refractivity contribution in [3.63, 3.8) is 0 Å². The lowest BCUT2D eigenvalue weighted by atomic mass is 10.00. The first kappa shape index (κ1) is 17.1. The number of piperidine rings is 1. The van der Waals surface area contributed by atoms with Crippen molar-refractivity contribution in [1.29, 1.82) is 0 Å². The molecule has 0 saturated carbocycles. The number of nitrogens with zero attached hydrogens (tertiary/aromatic N) is 2. The van der Waals surface area contributed by atoms with Gasteiger partial charge < -0.3 is 20.9 Å². The van der Waals surface area contributed by atoms with Crippen LogP contribution < -0.4 is 16.0 Å². The second-order valence-corrected chi connectivity index (χ2v) is 7.34. The van der Waals surface area contributed by atoms with E-state index in [0.29, 0.717) is 18.6 Å². The van der Waals surface area contributed by atoms with Gasteiger partial charge in [0.05, 0.1) is 6.54 Å². The van der Waals surface area contributed by atoms with E-state index in [4.69, 9.17) is 5.73 Å². The molecule has 0 radical (unpaired) electrons. The number of hydrogen-bond acceptors (Lipinski definition) is 4. The molecule has 0 aromatic heterocycles. The number of nitrogens with two attached hydrogens (primary N) is 1. The maximum absolute atomic E-state index is 12.5. The summed E-state index contributed by atoms with van der Waals surface area (Å²) < 4.78 is 0. The maximum atomic E-state index is 12.5. The number of carbonyl (C=O) groups is 1. The average Bonchev–Trinajstić information content (AvgIpc) is 2.56. The highest BCUT2D eigenvalue weighted by molar-refractivity contribution is 5.82. The predicted molar refractivity (Wildman–Crippen MR) is 99.3 cm³/mol. The van der Waals surface area contributed by atoms with Crippen molar-refractivity contribution in [2.45, 2.75) is 51.6 Å². The monoisotopic (exact) mass is 330 g/mol. The average molecular weight is 330 g/mol. The number of hydrogen-bond donors (Lipinski definition) is 2. The molecule has 0 aliphatic carbocycles. The topological polar surface area (TPSA) is 61.6 Å². The fraction of sp³-hybridized carbons (Fsp3) is 0.632. The van der Waals surface area contributed by atoms with Gasteiger partial charge in [-0.05, 0) is 57.2 Å². The first-order valence-corrected chi connectivity index (χ1v) is 9.20. The highest BCUT2D eigenvalue weighted by Gasteiger charge is 2.24. The van der Waals surface area contributed by atoms with Gasteiger partial charge in [0.2, 0.25) is 5.91 Å². The van der Waals surface area contributed by atoms with E-state index in [1.54, 1.807) is 0 Å². The van der Waals surface area contributed by atoms with Gasteiger partial charge in [-0.1, -0.05) is 6.07 Å². The van der Waals surface area contributed by atoms with Crippen molar-refractivity contribution in [2.24, 2.45) is 0 Å². The van der Waals surface area contributed by atoms with Crippen LogP contribution in [0.5, 0.6) is 0 Å². The van der Waals surface area contributed by atoms with Crippen molar-refractivity contribution >= 4 is 17.3 Å². The van der Waals surface area contributed by atoms with E-state index in [1.165, 1.54) is 5.56 Å². The molecule has 1 aromatic rings. The van der Waals surface area contributed by atoms with Gasteiger partial charge in [0.1, 0.15) is 0 Å². The van der Waals surface area contributed by atoms with E-state index in [9.17, 15) is 4.79 Å². The molecule has 3 rings (SSSR count). The zero-order valence-electron chi connectivity index (χ0n) is 14.9. The Bertz CT molecular complexity index is 579. The Hall–Kier alpha value is -1.75. The number of anilines is 2. The zero-order valence-corrected chi connectivity index (χ0v) is 14.9. The van der Waals surface area contributed by atoms with E-state index < -0.39 is 0 Å². The van der Waals surface area contributed by atoms with E-state index >= 15 is 0 Å². The van der Waals surface area contributed by atoms with Gasteiger partial charge in [0.25, 0.3) is 0 Å². The van der Waals surface area contributed by atoms with E-state index in [2.05, 4.69) is 35.0 Å². The Morgan fingerprint density at radius 1 is 1.29 bits per heavy atom. The molecule has 1 fully saturated rings. The van der Waals surface area contributed by atoms with Gasteiger partial charge in [0.15, 0.2) is 0 Å². The van der Waals surface area contributed by atoms with Crippen LogP contribution in [0.1, 0.15) is 38.7 Å².